The van der Waals surface area contributed by atoms with Gasteiger partial charge in [-0.15, -0.1) is 0 Å². The van der Waals surface area contributed by atoms with Crippen LogP contribution in [-0.4, -0.2) is 29.2 Å². The molecule has 1 unspecified atom stereocenters. The molecule has 1 atom stereocenters. The monoisotopic (exact) mass is 300 g/mol. The molecule has 114 valence electrons. The zero-order valence-electron chi connectivity index (χ0n) is 12.0. The smallest absolute Gasteiger partial charge is 0.344 e. The van der Waals surface area contributed by atoms with E-state index in [2.05, 4.69) is 9.97 Å². The molecule has 0 saturated heterocycles. The first-order chi connectivity index (χ1) is 10.7. The summed E-state index contributed by atoms with van der Waals surface area (Å²) >= 11 is 0. The number of aromatic nitrogens is 2. The van der Waals surface area contributed by atoms with Gasteiger partial charge in [0.2, 0.25) is 0 Å². The Hall–Kier alpha value is -2.47. The summed E-state index contributed by atoms with van der Waals surface area (Å²) in [5.41, 5.74) is 2.41. The van der Waals surface area contributed by atoms with Gasteiger partial charge in [0.25, 0.3) is 0 Å². The van der Waals surface area contributed by atoms with Crippen molar-refractivity contribution in [2.45, 2.75) is 18.9 Å². The molecule has 6 heteroatoms. The Bertz CT molecular complexity index is 706. The number of fused-ring (bicyclic) bond motifs is 1. The molecule has 0 amide bonds. The van der Waals surface area contributed by atoms with Gasteiger partial charge >= 0.3 is 11.7 Å². The average molecular weight is 300 g/mol. The predicted octanol–water partition coefficient (Wildman–Crippen LogP) is 1.17. The molecule has 1 aromatic carbocycles. The number of esters is 1. The third kappa shape index (κ3) is 3.23. The van der Waals surface area contributed by atoms with Crippen molar-refractivity contribution in [1.29, 1.82) is 0 Å². The molecule has 1 aliphatic rings. The number of rotatable bonds is 4. The Morgan fingerprint density at radius 3 is 3.09 bits per heavy atom. The van der Waals surface area contributed by atoms with E-state index in [0.717, 1.165) is 23.1 Å². The molecule has 6 nitrogen and oxygen atoms in total. The molecular formula is C16H16N2O4. The van der Waals surface area contributed by atoms with Crippen molar-refractivity contribution in [2.24, 2.45) is 0 Å². The van der Waals surface area contributed by atoms with Crippen LogP contribution in [0.25, 0.3) is 0 Å². The molecule has 2 heterocycles. The Morgan fingerprint density at radius 2 is 2.27 bits per heavy atom. The summed E-state index contributed by atoms with van der Waals surface area (Å²) in [6.07, 6.45) is 3.68. The van der Waals surface area contributed by atoms with Crippen LogP contribution in [0.3, 0.4) is 0 Å². The molecule has 3 rings (SSSR count). The normalized spacial score (nSPS) is 16.8. The van der Waals surface area contributed by atoms with Crippen LogP contribution in [-0.2, 0) is 27.1 Å². The minimum atomic E-state index is -0.654. The number of H-pyrrole nitrogens is 1. The van der Waals surface area contributed by atoms with E-state index in [1.54, 1.807) is 6.20 Å². The van der Waals surface area contributed by atoms with Crippen molar-refractivity contribution < 1.29 is 14.3 Å². The lowest BCUT2D eigenvalue weighted by Crippen LogP contribution is -2.25. The molecule has 0 saturated carbocycles. The van der Waals surface area contributed by atoms with Crippen LogP contribution < -0.4 is 5.69 Å². The number of hydrogen-bond donors (Lipinski definition) is 1. The number of hydrogen-bond acceptors (Lipinski definition) is 5. The van der Waals surface area contributed by atoms with Crippen molar-refractivity contribution in [3.63, 3.8) is 0 Å². The number of nitrogens with one attached hydrogen (secondary N) is 1. The van der Waals surface area contributed by atoms with Crippen LogP contribution in [0.2, 0.25) is 0 Å². The summed E-state index contributed by atoms with van der Waals surface area (Å²) in [6, 6.07) is 7.74. The highest BCUT2D eigenvalue weighted by atomic mass is 16.6. The van der Waals surface area contributed by atoms with E-state index in [4.69, 9.17) is 9.47 Å². The van der Waals surface area contributed by atoms with Gasteiger partial charge in [0.05, 0.1) is 13.2 Å². The van der Waals surface area contributed by atoms with E-state index >= 15 is 0 Å². The second kappa shape index (κ2) is 6.53. The first-order valence-corrected chi connectivity index (χ1v) is 7.14. The van der Waals surface area contributed by atoms with Gasteiger partial charge in [-0.25, -0.2) is 14.6 Å². The third-order valence-corrected chi connectivity index (χ3v) is 3.57. The molecular weight excluding hydrogens is 284 g/mol. The van der Waals surface area contributed by atoms with Gasteiger partial charge in [0, 0.05) is 18.8 Å². The first kappa shape index (κ1) is 14.5. The number of nitrogens with zero attached hydrogens (tertiary/aromatic N) is 1. The van der Waals surface area contributed by atoms with E-state index in [1.807, 2.05) is 24.3 Å². The first-order valence-electron chi connectivity index (χ1n) is 7.14. The van der Waals surface area contributed by atoms with Gasteiger partial charge in [-0.2, -0.15) is 0 Å². The Balaban J connectivity index is 1.59. The lowest BCUT2D eigenvalue weighted by atomic mass is 9.98. The molecule has 0 fully saturated rings. The SMILES string of the molecule is O=C(OCCc1cnc(=O)[nH]c1)C1OCCc2ccccc21. The average Bonchev–Trinajstić information content (AvgIpc) is 2.56. The van der Waals surface area contributed by atoms with Gasteiger partial charge in [0.1, 0.15) is 0 Å². The van der Waals surface area contributed by atoms with E-state index < -0.39 is 11.8 Å². The lowest BCUT2D eigenvalue weighted by Gasteiger charge is -2.24. The standard InChI is InChI=1S/C16H16N2O4/c19-15(22-7-5-11-9-17-16(20)18-10-11)14-13-4-2-1-3-12(13)6-8-21-14/h1-4,9-10,14H,5-8H2,(H,17,18,20). The minimum Gasteiger partial charge on any atom is -0.463 e. The maximum Gasteiger partial charge on any atom is 0.344 e. The molecule has 0 aliphatic carbocycles. The van der Waals surface area contributed by atoms with E-state index in [1.165, 1.54) is 6.20 Å². The van der Waals surface area contributed by atoms with Gasteiger partial charge in [-0.05, 0) is 23.1 Å². The molecule has 22 heavy (non-hydrogen) atoms. The van der Waals surface area contributed by atoms with Crippen LogP contribution in [0.5, 0.6) is 0 Å². The fraction of sp³-hybridized carbons (Fsp3) is 0.312. The Labute approximate surface area is 127 Å². The van der Waals surface area contributed by atoms with Crippen LogP contribution in [0.15, 0.2) is 41.5 Å². The largest absolute Gasteiger partial charge is 0.463 e. The number of carbonyl (C=O) groups is 1. The molecule has 1 aliphatic heterocycles. The number of aromatic amines is 1. The zero-order valence-corrected chi connectivity index (χ0v) is 12.0. The number of carbonyl (C=O) groups excluding carboxylic acids is 1. The summed E-state index contributed by atoms with van der Waals surface area (Å²) in [5.74, 6) is -0.385. The quantitative estimate of drug-likeness (QED) is 0.857. The molecule has 0 bridgehead atoms. The Morgan fingerprint density at radius 1 is 1.41 bits per heavy atom. The molecule has 1 N–H and O–H groups in total. The number of ether oxygens (including phenoxy) is 2. The second-order valence-electron chi connectivity index (χ2n) is 5.04. The van der Waals surface area contributed by atoms with Crippen molar-refractivity contribution in [2.75, 3.05) is 13.2 Å². The van der Waals surface area contributed by atoms with Gasteiger partial charge in [0.15, 0.2) is 6.10 Å². The van der Waals surface area contributed by atoms with Crippen molar-refractivity contribution >= 4 is 5.97 Å². The van der Waals surface area contributed by atoms with E-state index in [-0.39, 0.29) is 12.6 Å². The fourth-order valence-electron chi connectivity index (χ4n) is 2.44. The van der Waals surface area contributed by atoms with E-state index in [9.17, 15) is 9.59 Å². The Kier molecular flexibility index (Phi) is 4.29. The summed E-state index contributed by atoms with van der Waals surface area (Å²) in [4.78, 5) is 29.1. The number of benzene rings is 1. The highest BCUT2D eigenvalue weighted by molar-refractivity contribution is 5.77. The summed E-state index contributed by atoms with van der Waals surface area (Å²) < 4.78 is 10.8. The van der Waals surface area contributed by atoms with Gasteiger partial charge in [-0.3, -0.25) is 0 Å². The lowest BCUT2D eigenvalue weighted by molar-refractivity contribution is -0.158. The topological polar surface area (TPSA) is 81.3 Å². The van der Waals surface area contributed by atoms with Crippen molar-refractivity contribution in [1.82, 2.24) is 9.97 Å². The van der Waals surface area contributed by atoms with Crippen molar-refractivity contribution in [3.05, 3.63) is 63.8 Å². The highest BCUT2D eigenvalue weighted by Crippen LogP contribution is 2.27. The molecule has 0 radical (unpaired) electrons. The third-order valence-electron chi connectivity index (χ3n) is 3.57. The van der Waals surface area contributed by atoms with Crippen LogP contribution >= 0.6 is 0 Å². The minimum absolute atomic E-state index is 0.217. The summed E-state index contributed by atoms with van der Waals surface area (Å²) in [7, 11) is 0. The maximum absolute atomic E-state index is 12.2. The van der Waals surface area contributed by atoms with Crippen LogP contribution in [0.4, 0.5) is 0 Å². The summed E-state index contributed by atoms with van der Waals surface area (Å²) in [6.45, 7) is 0.731. The van der Waals surface area contributed by atoms with Crippen LogP contribution in [0.1, 0.15) is 22.8 Å². The molecule has 0 spiro atoms. The zero-order chi connectivity index (χ0) is 15.4. The predicted molar refractivity (Wildman–Crippen MR) is 78.4 cm³/mol. The highest BCUT2D eigenvalue weighted by Gasteiger charge is 2.28. The van der Waals surface area contributed by atoms with Crippen molar-refractivity contribution in [3.8, 4) is 0 Å². The second-order valence-corrected chi connectivity index (χ2v) is 5.04. The molecule has 2 aromatic rings. The maximum atomic E-state index is 12.2. The summed E-state index contributed by atoms with van der Waals surface area (Å²) in [5, 5.41) is 0. The van der Waals surface area contributed by atoms with Gasteiger partial charge < -0.3 is 14.5 Å². The molecule has 1 aromatic heterocycles. The van der Waals surface area contributed by atoms with E-state index in [0.29, 0.717) is 13.0 Å². The van der Waals surface area contributed by atoms with Gasteiger partial charge in [-0.1, -0.05) is 24.3 Å². The fourth-order valence-corrected chi connectivity index (χ4v) is 2.44. The van der Waals surface area contributed by atoms with Crippen LogP contribution in [0, 0.1) is 0 Å².